The fraction of sp³-hybridized carbons (Fsp3) is 0.333. The molecule has 0 bridgehead atoms. The molecule has 0 unspecified atom stereocenters. The van der Waals surface area contributed by atoms with E-state index in [2.05, 4.69) is 4.99 Å². The van der Waals surface area contributed by atoms with Crippen molar-refractivity contribution in [2.24, 2.45) is 10.7 Å². The predicted octanol–water partition coefficient (Wildman–Crippen LogP) is 2.40. The molecule has 1 aromatic carbocycles. The van der Waals surface area contributed by atoms with E-state index >= 15 is 0 Å². The lowest BCUT2D eigenvalue weighted by Gasteiger charge is -2.06. The van der Waals surface area contributed by atoms with Gasteiger partial charge in [0.25, 0.3) is 0 Å². The van der Waals surface area contributed by atoms with Crippen LogP contribution in [0.5, 0.6) is 0 Å². The number of amidine groups is 1. The van der Waals surface area contributed by atoms with Crippen LogP contribution < -0.4 is 5.73 Å². The quantitative estimate of drug-likeness (QED) is 0.388. The Kier molecular flexibility index (Phi) is 4.97. The van der Waals surface area contributed by atoms with Gasteiger partial charge in [-0.2, -0.15) is 0 Å². The minimum Gasteiger partial charge on any atom is -0.462 e. The Labute approximate surface area is 105 Å². The van der Waals surface area contributed by atoms with Crippen molar-refractivity contribution in [3.8, 4) is 0 Å². The Bertz CT molecular complexity index is 444. The molecule has 0 saturated heterocycles. The number of carbonyl (C=O) groups is 1. The molecular formula is C12H15ClN2O2. The highest BCUT2D eigenvalue weighted by molar-refractivity contribution is 6.28. The number of nitrogens with two attached hydrogens (primary N) is 1. The number of aliphatic imine (C=N–C) groups is 1. The third-order valence-corrected chi connectivity index (χ3v) is 2.39. The van der Waals surface area contributed by atoms with Gasteiger partial charge in [0.15, 0.2) is 0 Å². The first-order valence-electron chi connectivity index (χ1n) is 5.25. The number of alkyl halides is 1. The number of esters is 1. The van der Waals surface area contributed by atoms with Crippen molar-refractivity contribution in [1.82, 2.24) is 0 Å². The third-order valence-electron chi connectivity index (χ3n) is 2.11. The van der Waals surface area contributed by atoms with Crippen LogP contribution in [0.2, 0.25) is 0 Å². The number of carbonyl (C=O) groups excluding carboxylic acids is 1. The molecule has 17 heavy (non-hydrogen) atoms. The molecule has 1 rings (SSSR count). The summed E-state index contributed by atoms with van der Waals surface area (Å²) in [6, 6.07) is 5.15. The molecule has 2 N–H and O–H groups in total. The first-order valence-corrected chi connectivity index (χ1v) is 5.78. The van der Waals surface area contributed by atoms with Crippen LogP contribution in [0.1, 0.15) is 22.8 Å². The minimum atomic E-state index is -0.328. The number of rotatable bonds is 4. The smallest absolute Gasteiger partial charge is 0.338 e. The second-order valence-electron chi connectivity index (χ2n) is 3.46. The average molecular weight is 255 g/mol. The lowest BCUT2D eigenvalue weighted by Crippen LogP contribution is -2.12. The highest BCUT2D eigenvalue weighted by Gasteiger charge is 2.09. The summed E-state index contributed by atoms with van der Waals surface area (Å²) in [5.74, 6) is 0.194. The third kappa shape index (κ3) is 3.75. The first-order chi connectivity index (χ1) is 8.08. The van der Waals surface area contributed by atoms with E-state index in [1.165, 1.54) is 0 Å². The van der Waals surface area contributed by atoms with E-state index in [1.54, 1.807) is 25.1 Å². The van der Waals surface area contributed by atoms with E-state index in [0.717, 1.165) is 5.56 Å². The Hall–Kier alpha value is -1.55. The summed E-state index contributed by atoms with van der Waals surface area (Å²) in [5, 5.41) is 0. The molecule has 0 aliphatic heterocycles. The van der Waals surface area contributed by atoms with Crippen molar-refractivity contribution in [2.75, 3.05) is 12.5 Å². The number of halogens is 1. The average Bonchev–Trinajstić information content (AvgIpc) is 2.29. The second-order valence-corrected chi connectivity index (χ2v) is 3.72. The lowest BCUT2D eigenvalue weighted by molar-refractivity contribution is 0.0525. The molecule has 0 aromatic heterocycles. The van der Waals surface area contributed by atoms with Crippen LogP contribution in [0.15, 0.2) is 23.2 Å². The molecule has 5 heteroatoms. The van der Waals surface area contributed by atoms with Crippen LogP contribution in [0.3, 0.4) is 0 Å². The fourth-order valence-corrected chi connectivity index (χ4v) is 1.41. The van der Waals surface area contributed by atoms with Crippen molar-refractivity contribution in [3.05, 3.63) is 29.3 Å². The molecule has 0 aliphatic carbocycles. The number of hydrogen-bond acceptors (Lipinski definition) is 3. The standard InChI is InChI=1S/C12H15ClN2O2/c1-3-17-12(16)10-5-4-9(6-8(10)2)15-11(14)7-13/h4-6H,3,7H2,1-2H3,(H2,14,15). The molecule has 0 radical (unpaired) electrons. The van der Waals surface area contributed by atoms with E-state index in [4.69, 9.17) is 22.1 Å². The topological polar surface area (TPSA) is 64.7 Å². The summed E-state index contributed by atoms with van der Waals surface area (Å²) in [4.78, 5) is 15.6. The number of ether oxygens (including phenoxy) is 1. The second kappa shape index (κ2) is 6.25. The van der Waals surface area contributed by atoms with Crippen LogP contribution in [0.25, 0.3) is 0 Å². The Morgan fingerprint density at radius 1 is 1.53 bits per heavy atom. The molecule has 0 amide bonds. The molecular weight excluding hydrogens is 240 g/mol. The van der Waals surface area contributed by atoms with E-state index in [9.17, 15) is 4.79 Å². The van der Waals surface area contributed by atoms with E-state index in [-0.39, 0.29) is 11.8 Å². The van der Waals surface area contributed by atoms with Crippen molar-refractivity contribution in [3.63, 3.8) is 0 Å². The SMILES string of the molecule is CCOC(=O)c1ccc(N=C(N)CCl)cc1C. The maximum absolute atomic E-state index is 11.6. The van der Waals surface area contributed by atoms with Crippen LogP contribution >= 0.6 is 11.6 Å². The zero-order valence-corrected chi connectivity index (χ0v) is 10.6. The number of hydrogen-bond donors (Lipinski definition) is 1. The van der Waals surface area contributed by atoms with Crippen molar-refractivity contribution >= 4 is 29.1 Å². The molecule has 92 valence electrons. The summed E-state index contributed by atoms with van der Waals surface area (Å²) < 4.78 is 4.93. The zero-order chi connectivity index (χ0) is 12.8. The van der Waals surface area contributed by atoms with E-state index in [0.29, 0.717) is 23.7 Å². The number of benzene rings is 1. The predicted molar refractivity (Wildman–Crippen MR) is 69.1 cm³/mol. The number of nitrogens with zero attached hydrogens (tertiary/aromatic N) is 1. The minimum absolute atomic E-state index is 0.179. The largest absolute Gasteiger partial charge is 0.462 e. The van der Waals surface area contributed by atoms with E-state index in [1.807, 2.05) is 6.92 Å². The summed E-state index contributed by atoms with van der Waals surface area (Å²) in [6.45, 7) is 3.95. The Balaban J connectivity index is 2.98. The van der Waals surface area contributed by atoms with Gasteiger partial charge in [0, 0.05) is 0 Å². The van der Waals surface area contributed by atoms with Gasteiger partial charge in [0.2, 0.25) is 0 Å². The maximum Gasteiger partial charge on any atom is 0.338 e. The molecule has 0 heterocycles. The van der Waals surface area contributed by atoms with Crippen molar-refractivity contribution in [2.45, 2.75) is 13.8 Å². The first kappa shape index (κ1) is 13.5. The van der Waals surface area contributed by atoms with Gasteiger partial charge in [-0.05, 0) is 37.6 Å². The van der Waals surface area contributed by atoms with Crippen LogP contribution in [0, 0.1) is 6.92 Å². The fourth-order valence-electron chi connectivity index (χ4n) is 1.35. The molecule has 0 saturated carbocycles. The normalized spacial score (nSPS) is 11.4. The van der Waals surface area contributed by atoms with Gasteiger partial charge in [-0.3, -0.25) is 0 Å². The van der Waals surface area contributed by atoms with Gasteiger partial charge >= 0.3 is 5.97 Å². The summed E-state index contributed by atoms with van der Waals surface area (Å²) >= 11 is 5.53. The maximum atomic E-state index is 11.6. The molecule has 0 fully saturated rings. The van der Waals surface area contributed by atoms with Gasteiger partial charge in [-0.25, -0.2) is 9.79 Å². The van der Waals surface area contributed by atoms with Crippen molar-refractivity contribution < 1.29 is 9.53 Å². The Morgan fingerprint density at radius 3 is 2.76 bits per heavy atom. The molecule has 1 aromatic rings. The van der Waals surface area contributed by atoms with Crippen LogP contribution in [-0.4, -0.2) is 24.3 Å². The lowest BCUT2D eigenvalue weighted by atomic mass is 10.1. The Morgan fingerprint density at radius 2 is 2.24 bits per heavy atom. The molecule has 0 spiro atoms. The highest BCUT2D eigenvalue weighted by atomic mass is 35.5. The highest BCUT2D eigenvalue weighted by Crippen LogP contribution is 2.18. The van der Waals surface area contributed by atoms with Gasteiger partial charge in [-0.1, -0.05) is 0 Å². The summed E-state index contributed by atoms with van der Waals surface area (Å²) in [6.07, 6.45) is 0. The van der Waals surface area contributed by atoms with Gasteiger partial charge in [-0.15, -0.1) is 11.6 Å². The van der Waals surface area contributed by atoms with Gasteiger partial charge in [0.1, 0.15) is 5.84 Å². The van der Waals surface area contributed by atoms with Crippen LogP contribution in [-0.2, 0) is 4.74 Å². The summed E-state index contributed by atoms with van der Waals surface area (Å²) in [5.41, 5.74) is 7.54. The van der Waals surface area contributed by atoms with Gasteiger partial charge < -0.3 is 10.5 Å². The monoisotopic (exact) mass is 254 g/mol. The van der Waals surface area contributed by atoms with E-state index < -0.39 is 0 Å². The number of aryl methyl sites for hydroxylation is 1. The molecule has 0 atom stereocenters. The molecule has 0 aliphatic rings. The zero-order valence-electron chi connectivity index (χ0n) is 9.87. The molecule has 4 nitrogen and oxygen atoms in total. The summed E-state index contributed by atoms with van der Waals surface area (Å²) in [7, 11) is 0. The van der Waals surface area contributed by atoms with Crippen LogP contribution in [0.4, 0.5) is 5.69 Å². The van der Waals surface area contributed by atoms with Crippen molar-refractivity contribution in [1.29, 1.82) is 0 Å². The van der Waals surface area contributed by atoms with Gasteiger partial charge in [0.05, 0.1) is 23.7 Å².